The van der Waals surface area contributed by atoms with Crippen LogP contribution < -0.4 is 0 Å². The molecule has 0 saturated heterocycles. The molecule has 16 heavy (non-hydrogen) atoms. The summed E-state index contributed by atoms with van der Waals surface area (Å²) in [6.45, 7) is 2.39. The number of hydrogen-bond donors (Lipinski definition) is 0. The first kappa shape index (κ1) is 10.1. The van der Waals surface area contributed by atoms with Gasteiger partial charge in [-0.3, -0.25) is 14.5 Å². The summed E-state index contributed by atoms with van der Waals surface area (Å²) >= 11 is 0. The number of nitrogens with zero attached hydrogens (tertiary/aromatic N) is 1. The summed E-state index contributed by atoms with van der Waals surface area (Å²) in [5.41, 5.74) is 0.593. The van der Waals surface area contributed by atoms with E-state index in [2.05, 4.69) is 0 Å². The zero-order chi connectivity index (χ0) is 11.3. The second-order valence-electron chi connectivity index (χ2n) is 5.42. The van der Waals surface area contributed by atoms with Crippen LogP contribution in [0.4, 0.5) is 0 Å². The van der Waals surface area contributed by atoms with Gasteiger partial charge in [-0.2, -0.15) is 0 Å². The molecule has 86 valence electrons. The summed E-state index contributed by atoms with van der Waals surface area (Å²) in [5.74, 6) is 1.99. The minimum absolute atomic E-state index is 0.0729. The molecule has 0 spiro atoms. The SMILES string of the molecule is CC1=CC(=O)N(CC(C2CC2)C2CC2)C1=O. The van der Waals surface area contributed by atoms with Crippen molar-refractivity contribution in [2.24, 2.45) is 17.8 Å². The molecule has 0 N–H and O–H groups in total. The first-order valence-corrected chi connectivity index (χ1v) is 6.21. The van der Waals surface area contributed by atoms with Crippen molar-refractivity contribution in [3.05, 3.63) is 11.6 Å². The van der Waals surface area contributed by atoms with Crippen LogP contribution >= 0.6 is 0 Å². The van der Waals surface area contributed by atoms with Gasteiger partial charge < -0.3 is 0 Å². The minimum Gasteiger partial charge on any atom is -0.275 e. The largest absolute Gasteiger partial charge is 0.275 e. The van der Waals surface area contributed by atoms with Crippen LogP contribution in [0.5, 0.6) is 0 Å². The molecule has 3 heteroatoms. The molecule has 1 aliphatic heterocycles. The van der Waals surface area contributed by atoms with Crippen molar-refractivity contribution >= 4 is 11.8 Å². The van der Waals surface area contributed by atoms with Crippen molar-refractivity contribution in [1.82, 2.24) is 4.90 Å². The van der Waals surface area contributed by atoms with Gasteiger partial charge in [0, 0.05) is 18.2 Å². The van der Waals surface area contributed by atoms with E-state index in [0.717, 1.165) is 11.8 Å². The first-order chi connectivity index (χ1) is 7.66. The molecule has 2 amide bonds. The average molecular weight is 219 g/mol. The number of rotatable bonds is 4. The second-order valence-corrected chi connectivity index (χ2v) is 5.42. The van der Waals surface area contributed by atoms with Gasteiger partial charge in [0.05, 0.1) is 0 Å². The van der Waals surface area contributed by atoms with Gasteiger partial charge >= 0.3 is 0 Å². The molecule has 1 heterocycles. The van der Waals surface area contributed by atoms with Crippen molar-refractivity contribution in [2.45, 2.75) is 32.6 Å². The highest BCUT2D eigenvalue weighted by Crippen LogP contribution is 2.49. The van der Waals surface area contributed by atoms with Crippen LogP contribution in [-0.4, -0.2) is 23.3 Å². The van der Waals surface area contributed by atoms with Crippen molar-refractivity contribution in [1.29, 1.82) is 0 Å². The third-order valence-electron chi connectivity index (χ3n) is 4.04. The fourth-order valence-electron chi connectivity index (χ4n) is 2.75. The quantitative estimate of drug-likeness (QED) is 0.675. The van der Waals surface area contributed by atoms with Crippen molar-refractivity contribution in [3.8, 4) is 0 Å². The molecule has 3 aliphatic rings. The summed E-state index contributed by atoms with van der Waals surface area (Å²) in [5, 5.41) is 0. The molecule has 2 saturated carbocycles. The third-order valence-corrected chi connectivity index (χ3v) is 4.04. The van der Waals surface area contributed by atoms with Gasteiger partial charge in [-0.25, -0.2) is 0 Å². The molecule has 0 aromatic carbocycles. The summed E-state index contributed by atoms with van der Waals surface area (Å²) in [4.78, 5) is 24.9. The molecular formula is C13H17NO2. The van der Waals surface area contributed by atoms with Gasteiger partial charge in [-0.15, -0.1) is 0 Å². The van der Waals surface area contributed by atoms with E-state index < -0.39 is 0 Å². The smallest absolute Gasteiger partial charge is 0.256 e. The molecular weight excluding hydrogens is 202 g/mol. The van der Waals surface area contributed by atoms with Crippen LogP contribution in [0, 0.1) is 17.8 Å². The maximum Gasteiger partial charge on any atom is 0.256 e. The highest BCUT2D eigenvalue weighted by molar-refractivity contribution is 6.15. The van der Waals surface area contributed by atoms with Crippen LogP contribution in [0.1, 0.15) is 32.6 Å². The zero-order valence-corrected chi connectivity index (χ0v) is 9.61. The van der Waals surface area contributed by atoms with Crippen LogP contribution in [-0.2, 0) is 9.59 Å². The molecule has 2 aliphatic carbocycles. The Morgan fingerprint density at radius 3 is 2.19 bits per heavy atom. The molecule has 0 unspecified atom stereocenters. The van der Waals surface area contributed by atoms with Crippen LogP contribution in [0.3, 0.4) is 0 Å². The maximum absolute atomic E-state index is 11.8. The van der Waals surface area contributed by atoms with Crippen molar-refractivity contribution in [3.63, 3.8) is 0 Å². The summed E-state index contributed by atoms with van der Waals surface area (Å²) in [6, 6.07) is 0. The van der Waals surface area contributed by atoms with Crippen LogP contribution in [0.15, 0.2) is 11.6 Å². The Hall–Kier alpha value is -1.12. The van der Waals surface area contributed by atoms with Gasteiger partial charge in [0.1, 0.15) is 0 Å². The number of hydrogen-bond acceptors (Lipinski definition) is 2. The molecule has 0 atom stereocenters. The lowest BCUT2D eigenvalue weighted by atomic mass is 9.97. The molecule has 3 rings (SSSR count). The van der Waals surface area contributed by atoms with E-state index in [4.69, 9.17) is 0 Å². The van der Waals surface area contributed by atoms with E-state index in [1.807, 2.05) is 0 Å². The maximum atomic E-state index is 11.8. The minimum atomic E-state index is -0.103. The lowest BCUT2D eigenvalue weighted by Crippen LogP contribution is -2.36. The third kappa shape index (κ3) is 1.68. The Balaban J connectivity index is 1.69. The Labute approximate surface area is 95.5 Å². The number of carbonyl (C=O) groups excluding carboxylic acids is 2. The Bertz CT molecular complexity index is 365. The predicted octanol–water partition coefficient (Wildman–Crippen LogP) is 1.74. The molecule has 0 aromatic heterocycles. The van der Waals surface area contributed by atoms with E-state index in [0.29, 0.717) is 18.0 Å². The van der Waals surface area contributed by atoms with Crippen molar-refractivity contribution in [2.75, 3.05) is 6.54 Å². The standard InChI is InChI=1S/C13H17NO2/c1-8-6-12(15)14(13(8)16)7-11(9-2-3-9)10-4-5-10/h6,9-11H,2-5,7H2,1H3. The predicted molar refractivity (Wildman–Crippen MR) is 59.4 cm³/mol. The number of carbonyl (C=O) groups is 2. The van der Waals surface area contributed by atoms with Gasteiger partial charge in [0.15, 0.2) is 0 Å². The lowest BCUT2D eigenvalue weighted by Gasteiger charge is -2.22. The summed E-state index contributed by atoms with van der Waals surface area (Å²) in [7, 11) is 0. The van der Waals surface area contributed by atoms with E-state index in [1.165, 1.54) is 36.7 Å². The lowest BCUT2D eigenvalue weighted by molar-refractivity contribution is -0.138. The molecule has 3 nitrogen and oxygen atoms in total. The molecule has 0 bridgehead atoms. The highest BCUT2D eigenvalue weighted by Gasteiger charge is 2.44. The van der Waals surface area contributed by atoms with E-state index >= 15 is 0 Å². The van der Waals surface area contributed by atoms with Crippen molar-refractivity contribution < 1.29 is 9.59 Å². The van der Waals surface area contributed by atoms with Gasteiger partial charge in [-0.1, -0.05) is 0 Å². The van der Waals surface area contributed by atoms with Gasteiger partial charge in [-0.05, 0) is 50.4 Å². The highest BCUT2D eigenvalue weighted by atomic mass is 16.2. The fraction of sp³-hybridized carbons (Fsp3) is 0.692. The molecule has 0 radical (unpaired) electrons. The molecule has 0 aromatic rings. The van der Waals surface area contributed by atoms with Crippen LogP contribution in [0.2, 0.25) is 0 Å². The summed E-state index contributed by atoms with van der Waals surface area (Å²) < 4.78 is 0. The van der Waals surface area contributed by atoms with Gasteiger partial charge in [0.2, 0.25) is 0 Å². The van der Waals surface area contributed by atoms with Crippen LogP contribution in [0.25, 0.3) is 0 Å². The monoisotopic (exact) mass is 219 g/mol. The Kier molecular flexibility index (Phi) is 2.16. The number of amides is 2. The summed E-state index contributed by atoms with van der Waals surface area (Å²) in [6.07, 6.45) is 6.65. The number of imide groups is 1. The zero-order valence-electron chi connectivity index (χ0n) is 9.61. The average Bonchev–Trinajstić information content (AvgIpc) is 3.12. The normalized spacial score (nSPS) is 25.6. The second kappa shape index (κ2) is 3.44. The molecule has 2 fully saturated rings. The van der Waals surface area contributed by atoms with E-state index in [1.54, 1.807) is 6.92 Å². The van der Waals surface area contributed by atoms with Gasteiger partial charge in [0.25, 0.3) is 11.8 Å². The van der Waals surface area contributed by atoms with E-state index in [9.17, 15) is 9.59 Å². The van der Waals surface area contributed by atoms with E-state index in [-0.39, 0.29) is 11.8 Å². The Morgan fingerprint density at radius 2 is 1.81 bits per heavy atom. The Morgan fingerprint density at radius 1 is 1.25 bits per heavy atom. The fourth-order valence-corrected chi connectivity index (χ4v) is 2.75. The topological polar surface area (TPSA) is 37.4 Å². The first-order valence-electron chi connectivity index (χ1n) is 6.21.